The summed E-state index contributed by atoms with van der Waals surface area (Å²) < 4.78 is 0. The van der Waals surface area contributed by atoms with Gasteiger partial charge in [-0.2, -0.15) is 0 Å². The van der Waals surface area contributed by atoms with Gasteiger partial charge in [-0.1, -0.05) is 0 Å². The minimum absolute atomic E-state index is 0.417. The molecule has 1 aliphatic rings. The topological polar surface area (TPSA) is 43.7 Å². The summed E-state index contributed by atoms with van der Waals surface area (Å²) in [4.78, 5) is 2.06. The van der Waals surface area contributed by atoms with Crippen LogP contribution in [0.1, 0.15) is 12.8 Å². The maximum Gasteiger partial charge on any atom is 0.164 e. The Labute approximate surface area is 54.9 Å². The van der Waals surface area contributed by atoms with Gasteiger partial charge in [-0.15, -0.1) is 0 Å². The highest BCUT2D eigenvalue weighted by molar-refractivity contribution is 4.65. The Morgan fingerprint density at radius 1 is 1.22 bits per heavy atom. The molecule has 0 aromatic heterocycles. The molecular weight excluding hydrogens is 118 g/mol. The zero-order valence-electron chi connectivity index (χ0n) is 5.45. The van der Waals surface area contributed by atoms with Crippen LogP contribution in [0.5, 0.6) is 0 Å². The molecule has 0 bridgehead atoms. The molecule has 0 saturated carbocycles. The monoisotopic (exact) mass is 131 g/mol. The van der Waals surface area contributed by atoms with Crippen molar-refractivity contribution in [3.63, 3.8) is 0 Å². The van der Waals surface area contributed by atoms with E-state index >= 15 is 0 Å². The molecule has 1 saturated heterocycles. The molecule has 0 aromatic rings. The van der Waals surface area contributed by atoms with Gasteiger partial charge in [0.2, 0.25) is 0 Å². The van der Waals surface area contributed by atoms with E-state index in [0.29, 0.717) is 6.54 Å². The number of hydrogen-bond donors (Lipinski definition) is 2. The molecule has 3 heteroatoms. The Bertz CT molecular complexity index is 79.1. The number of rotatable bonds is 2. The quantitative estimate of drug-likeness (QED) is 0.491. The van der Waals surface area contributed by atoms with Crippen molar-refractivity contribution < 1.29 is 10.2 Å². The van der Waals surface area contributed by atoms with Gasteiger partial charge in [0.15, 0.2) is 6.29 Å². The Morgan fingerprint density at radius 2 is 1.78 bits per heavy atom. The lowest BCUT2D eigenvalue weighted by Gasteiger charge is -2.14. The number of aliphatic hydroxyl groups is 2. The fourth-order valence-corrected chi connectivity index (χ4v) is 1.20. The van der Waals surface area contributed by atoms with Gasteiger partial charge in [-0.25, -0.2) is 0 Å². The van der Waals surface area contributed by atoms with E-state index in [1.54, 1.807) is 0 Å². The molecule has 3 nitrogen and oxygen atoms in total. The smallest absolute Gasteiger partial charge is 0.164 e. The van der Waals surface area contributed by atoms with E-state index in [1.807, 2.05) is 0 Å². The van der Waals surface area contributed by atoms with Crippen molar-refractivity contribution >= 4 is 0 Å². The molecule has 54 valence electrons. The molecular formula is C6H13NO2. The summed E-state index contributed by atoms with van der Waals surface area (Å²) in [7, 11) is 0. The fourth-order valence-electron chi connectivity index (χ4n) is 1.20. The molecule has 0 aliphatic carbocycles. The fraction of sp³-hybridized carbons (Fsp3) is 1.00. The van der Waals surface area contributed by atoms with Crippen LogP contribution in [0.3, 0.4) is 0 Å². The van der Waals surface area contributed by atoms with E-state index in [0.717, 1.165) is 13.1 Å². The van der Waals surface area contributed by atoms with Gasteiger partial charge >= 0.3 is 0 Å². The SMILES string of the molecule is OC(O)CN1CCCC1. The molecule has 0 radical (unpaired) electrons. The van der Waals surface area contributed by atoms with Gasteiger partial charge in [0, 0.05) is 6.54 Å². The molecule has 0 unspecified atom stereocenters. The molecule has 0 atom stereocenters. The predicted octanol–water partition coefficient (Wildman–Crippen LogP) is -0.607. The molecule has 1 fully saturated rings. The van der Waals surface area contributed by atoms with Crippen molar-refractivity contribution in [2.45, 2.75) is 19.1 Å². The average molecular weight is 131 g/mol. The first-order valence-corrected chi connectivity index (χ1v) is 3.37. The number of nitrogens with zero attached hydrogens (tertiary/aromatic N) is 1. The first-order chi connectivity index (χ1) is 4.29. The van der Waals surface area contributed by atoms with Crippen LogP contribution in [-0.2, 0) is 0 Å². The van der Waals surface area contributed by atoms with E-state index in [1.165, 1.54) is 12.8 Å². The van der Waals surface area contributed by atoms with Crippen LogP contribution in [0.25, 0.3) is 0 Å². The molecule has 2 N–H and O–H groups in total. The normalized spacial score (nSPS) is 21.7. The maximum absolute atomic E-state index is 8.53. The summed E-state index contributed by atoms with van der Waals surface area (Å²) in [6.45, 7) is 2.47. The van der Waals surface area contributed by atoms with Crippen LogP contribution in [0.15, 0.2) is 0 Å². The van der Waals surface area contributed by atoms with Crippen molar-refractivity contribution in [1.29, 1.82) is 0 Å². The summed E-state index contributed by atoms with van der Waals surface area (Å²) in [5, 5.41) is 17.1. The third-order valence-corrected chi connectivity index (χ3v) is 1.62. The molecule has 0 aromatic carbocycles. The molecule has 0 spiro atoms. The number of hydrogen-bond acceptors (Lipinski definition) is 3. The lowest BCUT2D eigenvalue weighted by Crippen LogP contribution is -2.29. The summed E-state index contributed by atoms with van der Waals surface area (Å²) in [6, 6.07) is 0. The van der Waals surface area contributed by atoms with Crippen LogP contribution in [0.4, 0.5) is 0 Å². The number of aliphatic hydroxyl groups excluding tert-OH is 1. The van der Waals surface area contributed by atoms with E-state index in [2.05, 4.69) is 4.90 Å². The molecule has 1 rings (SSSR count). The maximum atomic E-state index is 8.53. The first kappa shape index (κ1) is 6.99. The summed E-state index contributed by atoms with van der Waals surface area (Å²) in [5.41, 5.74) is 0. The van der Waals surface area contributed by atoms with Gasteiger partial charge in [0.1, 0.15) is 0 Å². The minimum Gasteiger partial charge on any atom is -0.367 e. The molecule has 1 heterocycles. The van der Waals surface area contributed by atoms with Gasteiger partial charge in [0.25, 0.3) is 0 Å². The van der Waals surface area contributed by atoms with Crippen LogP contribution in [-0.4, -0.2) is 41.0 Å². The molecule has 9 heavy (non-hydrogen) atoms. The van der Waals surface area contributed by atoms with E-state index < -0.39 is 6.29 Å². The van der Waals surface area contributed by atoms with E-state index in [9.17, 15) is 0 Å². The van der Waals surface area contributed by atoms with Gasteiger partial charge in [-0.05, 0) is 25.9 Å². The highest BCUT2D eigenvalue weighted by Crippen LogP contribution is 2.06. The second kappa shape index (κ2) is 3.15. The van der Waals surface area contributed by atoms with Crippen LogP contribution < -0.4 is 0 Å². The van der Waals surface area contributed by atoms with Crippen molar-refractivity contribution in [3.8, 4) is 0 Å². The zero-order chi connectivity index (χ0) is 6.69. The van der Waals surface area contributed by atoms with E-state index in [4.69, 9.17) is 10.2 Å². The standard InChI is InChI=1S/C6H13NO2/c8-6(9)5-7-3-1-2-4-7/h6,8-9H,1-5H2. The lowest BCUT2D eigenvalue weighted by atomic mass is 10.4. The van der Waals surface area contributed by atoms with Crippen molar-refractivity contribution in [3.05, 3.63) is 0 Å². The lowest BCUT2D eigenvalue weighted by molar-refractivity contribution is -0.0577. The Hall–Kier alpha value is -0.120. The van der Waals surface area contributed by atoms with Crippen LogP contribution in [0.2, 0.25) is 0 Å². The number of β-amino-alcohol motifs (C(OH)–C–C–N with tert-alkyl or cyclic N) is 2. The number of likely N-dealkylation sites (tertiary alicyclic amines) is 1. The second-order valence-corrected chi connectivity index (χ2v) is 2.49. The highest BCUT2D eigenvalue weighted by Gasteiger charge is 2.13. The molecule has 0 amide bonds. The largest absolute Gasteiger partial charge is 0.367 e. The third-order valence-electron chi connectivity index (χ3n) is 1.62. The van der Waals surface area contributed by atoms with E-state index in [-0.39, 0.29) is 0 Å². The highest BCUT2D eigenvalue weighted by atomic mass is 16.5. The summed E-state index contributed by atoms with van der Waals surface area (Å²) in [6.07, 6.45) is 1.25. The predicted molar refractivity (Wildman–Crippen MR) is 33.9 cm³/mol. The second-order valence-electron chi connectivity index (χ2n) is 2.49. The average Bonchev–Trinajstić information content (AvgIpc) is 2.15. The summed E-state index contributed by atoms with van der Waals surface area (Å²) >= 11 is 0. The van der Waals surface area contributed by atoms with Gasteiger partial charge < -0.3 is 10.2 Å². The van der Waals surface area contributed by atoms with Crippen LogP contribution >= 0.6 is 0 Å². The Morgan fingerprint density at radius 3 is 2.22 bits per heavy atom. The van der Waals surface area contributed by atoms with Gasteiger partial charge in [0.05, 0.1) is 0 Å². The Kier molecular flexibility index (Phi) is 2.45. The van der Waals surface area contributed by atoms with Crippen molar-refractivity contribution in [1.82, 2.24) is 4.90 Å². The summed E-state index contributed by atoms with van der Waals surface area (Å²) in [5.74, 6) is 0. The minimum atomic E-state index is -1.15. The zero-order valence-corrected chi connectivity index (χ0v) is 5.45. The van der Waals surface area contributed by atoms with Crippen molar-refractivity contribution in [2.75, 3.05) is 19.6 Å². The Balaban J connectivity index is 2.11. The van der Waals surface area contributed by atoms with Crippen LogP contribution in [0, 0.1) is 0 Å². The molecule has 1 aliphatic heterocycles. The first-order valence-electron chi connectivity index (χ1n) is 3.37. The third kappa shape index (κ3) is 2.30. The van der Waals surface area contributed by atoms with Gasteiger partial charge in [-0.3, -0.25) is 4.90 Å². The van der Waals surface area contributed by atoms with Crippen molar-refractivity contribution in [2.24, 2.45) is 0 Å².